The van der Waals surface area contributed by atoms with Crippen molar-refractivity contribution in [1.29, 1.82) is 0 Å². The van der Waals surface area contributed by atoms with E-state index in [0.717, 1.165) is 48.4 Å². The van der Waals surface area contributed by atoms with Crippen molar-refractivity contribution >= 4 is 29.2 Å². The Bertz CT molecular complexity index is 1050. The van der Waals surface area contributed by atoms with Crippen LogP contribution in [0.5, 0.6) is 0 Å². The van der Waals surface area contributed by atoms with Gasteiger partial charge in [0.2, 0.25) is 0 Å². The number of carbonyl (C=O) groups is 1. The number of alkyl carbamates (subject to hydrolysis) is 1. The number of ether oxygens (including phenoxy) is 1. The quantitative estimate of drug-likeness (QED) is 0.569. The molecule has 1 aliphatic carbocycles. The first-order valence-corrected chi connectivity index (χ1v) is 10.9. The number of pyridine rings is 1. The number of imidazole rings is 1. The van der Waals surface area contributed by atoms with E-state index < -0.39 is 5.60 Å². The van der Waals surface area contributed by atoms with Crippen molar-refractivity contribution in [3.63, 3.8) is 0 Å². The maximum absolute atomic E-state index is 12.0. The van der Waals surface area contributed by atoms with Gasteiger partial charge in [0.1, 0.15) is 16.6 Å². The van der Waals surface area contributed by atoms with Gasteiger partial charge in [0.05, 0.1) is 11.9 Å². The molecule has 1 aliphatic rings. The lowest BCUT2D eigenvalue weighted by atomic mass is 9.91. The van der Waals surface area contributed by atoms with Crippen molar-refractivity contribution < 1.29 is 9.53 Å². The van der Waals surface area contributed by atoms with Crippen LogP contribution in [0.25, 0.3) is 16.9 Å². The van der Waals surface area contributed by atoms with Crippen LogP contribution in [0.15, 0.2) is 36.7 Å². The number of hydrogen-bond acceptors (Lipinski definition) is 6. The average Bonchev–Trinajstić information content (AvgIpc) is 3.12. The van der Waals surface area contributed by atoms with Crippen molar-refractivity contribution in [2.24, 2.45) is 0 Å². The van der Waals surface area contributed by atoms with Gasteiger partial charge >= 0.3 is 6.09 Å². The van der Waals surface area contributed by atoms with Crippen LogP contribution in [0.4, 0.5) is 10.6 Å². The summed E-state index contributed by atoms with van der Waals surface area (Å²) in [7, 11) is 0. The molecule has 164 valence electrons. The summed E-state index contributed by atoms with van der Waals surface area (Å²) in [6, 6.07) is 7.98. The molecule has 1 fully saturated rings. The van der Waals surface area contributed by atoms with Crippen molar-refractivity contribution in [3.8, 4) is 11.3 Å². The molecule has 4 rings (SSSR count). The van der Waals surface area contributed by atoms with E-state index in [2.05, 4.69) is 20.6 Å². The Labute approximate surface area is 186 Å². The number of amides is 1. The van der Waals surface area contributed by atoms with Gasteiger partial charge in [0.25, 0.3) is 0 Å². The predicted molar refractivity (Wildman–Crippen MR) is 120 cm³/mol. The number of anilines is 1. The molecule has 9 heteroatoms. The van der Waals surface area contributed by atoms with E-state index >= 15 is 0 Å². The van der Waals surface area contributed by atoms with Crippen LogP contribution in [0.1, 0.15) is 46.5 Å². The van der Waals surface area contributed by atoms with Gasteiger partial charge in [0.15, 0.2) is 5.65 Å². The molecule has 0 aromatic carbocycles. The minimum absolute atomic E-state index is 0.140. The van der Waals surface area contributed by atoms with Crippen LogP contribution in [-0.4, -0.2) is 43.4 Å². The molecule has 8 nitrogen and oxygen atoms in total. The first-order chi connectivity index (χ1) is 14.8. The Morgan fingerprint density at radius 2 is 1.81 bits per heavy atom. The zero-order chi connectivity index (χ0) is 22.0. The third kappa shape index (κ3) is 5.44. The second-order valence-corrected chi connectivity index (χ2v) is 9.23. The van der Waals surface area contributed by atoms with E-state index in [4.69, 9.17) is 21.4 Å². The lowest BCUT2D eigenvalue weighted by Gasteiger charge is -2.30. The van der Waals surface area contributed by atoms with Crippen LogP contribution in [0.3, 0.4) is 0 Å². The molecule has 2 N–H and O–H groups in total. The Kier molecular flexibility index (Phi) is 6.00. The van der Waals surface area contributed by atoms with Crippen molar-refractivity contribution in [3.05, 3.63) is 41.8 Å². The molecule has 0 atom stereocenters. The third-order valence-electron chi connectivity index (χ3n) is 5.19. The van der Waals surface area contributed by atoms with E-state index in [-0.39, 0.29) is 12.1 Å². The number of nitrogens with one attached hydrogen (secondary N) is 2. The topological polar surface area (TPSA) is 93.4 Å². The van der Waals surface area contributed by atoms with Crippen molar-refractivity contribution in [2.75, 3.05) is 5.32 Å². The van der Waals surface area contributed by atoms with Gasteiger partial charge < -0.3 is 15.4 Å². The fourth-order valence-corrected chi connectivity index (χ4v) is 3.85. The Balaban J connectivity index is 1.38. The van der Waals surface area contributed by atoms with E-state index in [1.165, 1.54) is 0 Å². The Morgan fingerprint density at radius 1 is 1.06 bits per heavy atom. The molecule has 31 heavy (non-hydrogen) atoms. The summed E-state index contributed by atoms with van der Waals surface area (Å²) in [6.45, 7) is 5.60. The standard InChI is InChI=1S/C22H27ClN6O2/c1-22(2,3)31-21(30)27-16-7-5-15(6-8-16)26-19-10-11-20-25-13-17(29(20)28-19)14-4-9-18(23)24-12-14/h4,9-13,15-16H,5-8H2,1-3H3,(H,26,28)(H,27,30). The number of fused-ring (bicyclic) bond motifs is 1. The molecule has 0 saturated heterocycles. The molecule has 0 radical (unpaired) electrons. The molecular weight excluding hydrogens is 416 g/mol. The van der Waals surface area contributed by atoms with Gasteiger partial charge in [-0.25, -0.2) is 19.3 Å². The van der Waals surface area contributed by atoms with E-state index in [9.17, 15) is 4.79 Å². The molecule has 1 amide bonds. The molecule has 0 bridgehead atoms. The highest BCUT2D eigenvalue weighted by Gasteiger charge is 2.25. The summed E-state index contributed by atoms with van der Waals surface area (Å²) in [5, 5.41) is 11.7. The smallest absolute Gasteiger partial charge is 0.407 e. The fraction of sp³-hybridized carbons (Fsp3) is 0.455. The second-order valence-electron chi connectivity index (χ2n) is 8.84. The molecular formula is C22H27ClN6O2. The summed E-state index contributed by atoms with van der Waals surface area (Å²) in [5.41, 5.74) is 2.03. The summed E-state index contributed by atoms with van der Waals surface area (Å²) in [5.74, 6) is 0.789. The third-order valence-corrected chi connectivity index (χ3v) is 5.41. The molecule has 3 aromatic heterocycles. The monoisotopic (exact) mass is 442 g/mol. The van der Waals surface area contributed by atoms with Gasteiger partial charge in [-0.1, -0.05) is 11.6 Å². The van der Waals surface area contributed by atoms with Gasteiger partial charge in [-0.2, -0.15) is 0 Å². The summed E-state index contributed by atoms with van der Waals surface area (Å²) >= 11 is 5.90. The largest absolute Gasteiger partial charge is 0.444 e. The number of rotatable bonds is 4. The highest BCUT2D eigenvalue weighted by molar-refractivity contribution is 6.29. The molecule has 1 saturated carbocycles. The number of nitrogens with zero attached hydrogens (tertiary/aromatic N) is 4. The lowest BCUT2D eigenvalue weighted by molar-refractivity contribution is 0.0492. The predicted octanol–water partition coefficient (Wildman–Crippen LogP) is 4.69. The maximum Gasteiger partial charge on any atom is 0.407 e. The minimum atomic E-state index is -0.485. The van der Waals surface area contributed by atoms with Crippen molar-refractivity contribution in [2.45, 2.75) is 64.1 Å². The number of halogens is 1. The maximum atomic E-state index is 12.0. The van der Waals surface area contributed by atoms with Crippen LogP contribution in [-0.2, 0) is 4.74 Å². The highest BCUT2D eigenvalue weighted by Crippen LogP contribution is 2.24. The van der Waals surface area contributed by atoms with Gasteiger partial charge in [-0.15, -0.1) is 5.10 Å². The highest BCUT2D eigenvalue weighted by atomic mass is 35.5. The Morgan fingerprint density at radius 3 is 2.48 bits per heavy atom. The first kappa shape index (κ1) is 21.4. The van der Waals surface area contributed by atoms with Crippen LogP contribution in [0.2, 0.25) is 5.15 Å². The number of carbonyl (C=O) groups excluding carboxylic acids is 1. The number of hydrogen-bond donors (Lipinski definition) is 2. The molecule has 0 spiro atoms. The van der Waals surface area contributed by atoms with Crippen LogP contribution in [0, 0.1) is 0 Å². The zero-order valence-corrected chi connectivity index (χ0v) is 18.7. The van der Waals surface area contributed by atoms with E-state index in [0.29, 0.717) is 11.2 Å². The second kappa shape index (κ2) is 8.70. The van der Waals surface area contributed by atoms with Gasteiger partial charge in [-0.05, 0) is 70.7 Å². The normalized spacial score (nSPS) is 19.2. The first-order valence-electron chi connectivity index (χ1n) is 10.5. The molecule has 3 heterocycles. The van der Waals surface area contributed by atoms with Gasteiger partial charge in [-0.3, -0.25) is 0 Å². The zero-order valence-electron chi connectivity index (χ0n) is 17.9. The van der Waals surface area contributed by atoms with Gasteiger partial charge in [0, 0.05) is 23.8 Å². The number of aromatic nitrogens is 4. The Hall–Kier alpha value is -2.87. The van der Waals surface area contributed by atoms with E-state index in [1.807, 2.05) is 43.5 Å². The molecule has 3 aromatic rings. The van der Waals surface area contributed by atoms with E-state index in [1.54, 1.807) is 18.5 Å². The summed E-state index contributed by atoms with van der Waals surface area (Å²) < 4.78 is 7.16. The summed E-state index contributed by atoms with van der Waals surface area (Å²) in [6.07, 6.45) is 6.82. The lowest BCUT2D eigenvalue weighted by Crippen LogP contribution is -2.42. The van der Waals surface area contributed by atoms with Crippen LogP contribution < -0.4 is 10.6 Å². The van der Waals surface area contributed by atoms with Crippen LogP contribution >= 0.6 is 11.6 Å². The molecule has 0 unspecified atom stereocenters. The average molecular weight is 443 g/mol. The summed E-state index contributed by atoms with van der Waals surface area (Å²) in [4.78, 5) is 20.6. The minimum Gasteiger partial charge on any atom is -0.444 e. The fourth-order valence-electron chi connectivity index (χ4n) is 3.74. The SMILES string of the molecule is CC(C)(C)OC(=O)NC1CCC(Nc2ccc3ncc(-c4ccc(Cl)nc4)n3n2)CC1. The molecule has 0 aliphatic heterocycles. The van der Waals surface area contributed by atoms with Crippen molar-refractivity contribution in [1.82, 2.24) is 24.9 Å².